The number of aromatic nitrogens is 2. The molecule has 0 radical (unpaired) electrons. The van der Waals surface area contributed by atoms with Gasteiger partial charge in [0, 0.05) is 51.4 Å². The summed E-state index contributed by atoms with van der Waals surface area (Å²) in [5.74, 6) is 1.06. The van der Waals surface area contributed by atoms with E-state index < -0.39 is 0 Å². The molecule has 1 aromatic heterocycles. The van der Waals surface area contributed by atoms with Gasteiger partial charge in [0.25, 0.3) is 0 Å². The molecule has 0 saturated carbocycles. The number of anilines is 1. The molecule has 1 atom stereocenters. The molecule has 0 spiro atoms. The van der Waals surface area contributed by atoms with Crippen molar-refractivity contribution in [2.45, 2.75) is 38.9 Å². The number of thioether (sulfide) groups is 1. The van der Waals surface area contributed by atoms with Crippen molar-refractivity contribution in [3.8, 4) is 0 Å². The van der Waals surface area contributed by atoms with Gasteiger partial charge in [-0.3, -0.25) is 4.79 Å². The van der Waals surface area contributed by atoms with Crippen LogP contribution in [0.4, 0.5) is 10.6 Å². The fourth-order valence-electron chi connectivity index (χ4n) is 3.13. The molecule has 0 aromatic carbocycles. The number of rotatable bonds is 7. The molecule has 0 aliphatic carbocycles. The minimum absolute atomic E-state index is 0.0403. The molecule has 1 N–H and O–H groups in total. The predicted molar refractivity (Wildman–Crippen MR) is 113 cm³/mol. The zero-order valence-electron chi connectivity index (χ0n) is 16.9. The van der Waals surface area contributed by atoms with E-state index in [0.717, 1.165) is 5.82 Å². The summed E-state index contributed by atoms with van der Waals surface area (Å²) in [5.41, 5.74) is 0. The van der Waals surface area contributed by atoms with E-state index in [1.54, 1.807) is 11.0 Å². The van der Waals surface area contributed by atoms with Crippen LogP contribution in [-0.2, 0) is 4.79 Å². The highest BCUT2D eigenvalue weighted by Crippen LogP contribution is 2.24. The van der Waals surface area contributed by atoms with Crippen molar-refractivity contribution in [2.75, 3.05) is 49.9 Å². The highest BCUT2D eigenvalue weighted by atomic mass is 35.5. The summed E-state index contributed by atoms with van der Waals surface area (Å²) < 4.78 is 0. The number of carbonyl (C=O) groups excluding carboxylic acids is 2. The summed E-state index contributed by atoms with van der Waals surface area (Å²) in [5, 5.41) is 3.68. The Bertz CT molecular complexity index is 688. The predicted octanol–water partition coefficient (Wildman–Crippen LogP) is 2.33. The summed E-state index contributed by atoms with van der Waals surface area (Å²) in [7, 11) is 0. The van der Waals surface area contributed by atoms with Crippen LogP contribution in [0.3, 0.4) is 0 Å². The molecule has 0 unspecified atom stereocenters. The molecule has 2 rings (SSSR count). The lowest BCUT2D eigenvalue weighted by Gasteiger charge is -2.40. The fraction of sp³-hybridized carbons (Fsp3) is 0.667. The van der Waals surface area contributed by atoms with Gasteiger partial charge >= 0.3 is 6.03 Å². The Morgan fingerprint density at radius 3 is 2.61 bits per heavy atom. The van der Waals surface area contributed by atoms with Gasteiger partial charge in [0.15, 0.2) is 5.16 Å². The van der Waals surface area contributed by atoms with Crippen LogP contribution in [-0.4, -0.2) is 82.8 Å². The number of halogens is 1. The first-order valence-corrected chi connectivity index (χ1v) is 11.0. The number of carbonyl (C=O) groups is 2. The van der Waals surface area contributed by atoms with Gasteiger partial charge in [0.1, 0.15) is 11.0 Å². The Morgan fingerprint density at radius 1 is 1.29 bits per heavy atom. The summed E-state index contributed by atoms with van der Waals surface area (Å²) in [4.78, 5) is 38.9. The Balaban J connectivity index is 2.03. The van der Waals surface area contributed by atoms with E-state index in [9.17, 15) is 9.59 Å². The number of nitrogens with one attached hydrogen (secondary N) is 1. The lowest BCUT2D eigenvalue weighted by molar-refractivity contribution is -0.127. The summed E-state index contributed by atoms with van der Waals surface area (Å²) >= 11 is 7.49. The quantitative estimate of drug-likeness (QED) is 0.407. The maximum atomic E-state index is 12.2. The highest BCUT2D eigenvalue weighted by Gasteiger charge is 2.28. The number of hydrogen-bond donors (Lipinski definition) is 1. The standard InChI is InChI=1S/C18H29ClN6O2S/c1-5-20-18(27)25-9-8-24(11-13(25)4)15-10-14(19)21-17(22-15)28-12-16(26)23(6-2)7-3/h10,13H,5-9,11-12H2,1-4H3,(H,20,27)/t13-/m0/s1. The first kappa shape index (κ1) is 22.5. The SMILES string of the molecule is CCNC(=O)N1CCN(c2cc(Cl)nc(SCC(=O)N(CC)CC)n2)C[C@@H]1C. The third-order valence-corrected chi connectivity index (χ3v) is 5.67. The summed E-state index contributed by atoms with van der Waals surface area (Å²) in [6, 6.07) is 1.74. The Morgan fingerprint density at radius 2 is 2.00 bits per heavy atom. The van der Waals surface area contributed by atoms with Crippen LogP contribution in [0.25, 0.3) is 0 Å². The number of piperazine rings is 1. The molecule has 0 bridgehead atoms. The second-order valence-electron chi connectivity index (χ2n) is 6.51. The number of amides is 3. The van der Waals surface area contributed by atoms with Crippen LogP contribution < -0.4 is 10.2 Å². The van der Waals surface area contributed by atoms with E-state index in [2.05, 4.69) is 20.2 Å². The van der Waals surface area contributed by atoms with Gasteiger partial charge in [-0.1, -0.05) is 23.4 Å². The molecule has 1 saturated heterocycles. The maximum Gasteiger partial charge on any atom is 0.317 e. The Hall–Kier alpha value is -1.74. The lowest BCUT2D eigenvalue weighted by Crippen LogP contribution is -2.56. The molecule has 1 aliphatic rings. The Labute approximate surface area is 176 Å². The molecule has 3 amide bonds. The second-order valence-corrected chi connectivity index (χ2v) is 7.84. The van der Waals surface area contributed by atoms with Crippen LogP contribution in [0.2, 0.25) is 5.15 Å². The highest BCUT2D eigenvalue weighted by molar-refractivity contribution is 7.99. The zero-order chi connectivity index (χ0) is 20.7. The zero-order valence-corrected chi connectivity index (χ0v) is 18.5. The van der Waals surface area contributed by atoms with E-state index in [4.69, 9.17) is 11.6 Å². The van der Waals surface area contributed by atoms with E-state index in [0.29, 0.717) is 49.6 Å². The molecule has 1 aromatic rings. The van der Waals surface area contributed by atoms with Gasteiger partial charge < -0.3 is 20.0 Å². The molecule has 1 aliphatic heterocycles. The van der Waals surface area contributed by atoms with E-state index in [-0.39, 0.29) is 23.7 Å². The van der Waals surface area contributed by atoms with Crippen LogP contribution in [0.1, 0.15) is 27.7 Å². The molecule has 2 heterocycles. The third-order valence-electron chi connectivity index (χ3n) is 4.64. The van der Waals surface area contributed by atoms with Gasteiger partial charge in [-0.05, 0) is 27.7 Å². The molecule has 28 heavy (non-hydrogen) atoms. The molecule has 8 nitrogen and oxygen atoms in total. The van der Waals surface area contributed by atoms with Crippen molar-refractivity contribution >= 4 is 41.1 Å². The average molecular weight is 429 g/mol. The van der Waals surface area contributed by atoms with E-state index >= 15 is 0 Å². The largest absolute Gasteiger partial charge is 0.353 e. The van der Waals surface area contributed by atoms with Crippen LogP contribution in [0, 0.1) is 0 Å². The van der Waals surface area contributed by atoms with Crippen molar-refractivity contribution in [1.82, 2.24) is 25.1 Å². The normalized spacial score (nSPS) is 16.8. The third kappa shape index (κ3) is 5.88. The minimum atomic E-state index is -0.0403. The van der Waals surface area contributed by atoms with Gasteiger partial charge in [-0.2, -0.15) is 0 Å². The molecular weight excluding hydrogens is 400 g/mol. The van der Waals surface area contributed by atoms with Crippen LogP contribution in [0.5, 0.6) is 0 Å². The molecule has 156 valence electrons. The second kappa shape index (κ2) is 10.7. The van der Waals surface area contributed by atoms with Crippen molar-refractivity contribution in [2.24, 2.45) is 0 Å². The van der Waals surface area contributed by atoms with Crippen molar-refractivity contribution in [3.63, 3.8) is 0 Å². The summed E-state index contributed by atoms with van der Waals surface area (Å²) in [6.07, 6.45) is 0. The van der Waals surface area contributed by atoms with Crippen molar-refractivity contribution in [1.29, 1.82) is 0 Å². The number of urea groups is 1. The monoisotopic (exact) mass is 428 g/mol. The van der Waals surface area contributed by atoms with E-state index in [1.165, 1.54) is 11.8 Å². The van der Waals surface area contributed by atoms with Crippen molar-refractivity contribution < 1.29 is 9.59 Å². The van der Waals surface area contributed by atoms with Crippen LogP contribution in [0.15, 0.2) is 11.2 Å². The first-order valence-electron chi connectivity index (χ1n) is 9.64. The van der Waals surface area contributed by atoms with Gasteiger partial charge in [-0.15, -0.1) is 0 Å². The van der Waals surface area contributed by atoms with Crippen LogP contribution >= 0.6 is 23.4 Å². The number of hydrogen-bond acceptors (Lipinski definition) is 6. The summed E-state index contributed by atoms with van der Waals surface area (Å²) in [6.45, 7) is 11.8. The Kier molecular flexibility index (Phi) is 8.62. The fourth-order valence-corrected chi connectivity index (χ4v) is 4.11. The van der Waals surface area contributed by atoms with Gasteiger partial charge in [0.2, 0.25) is 5.91 Å². The number of nitrogens with zero attached hydrogens (tertiary/aromatic N) is 5. The lowest BCUT2D eigenvalue weighted by atomic mass is 10.2. The average Bonchev–Trinajstić information content (AvgIpc) is 2.67. The molecule has 10 heteroatoms. The maximum absolute atomic E-state index is 12.2. The van der Waals surface area contributed by atoms with Gasteiger partial charge in [0.05, 0.1) is 5.75 Å². The smallest absolute Gasteiger partial charge is 0.317 e. The van der Waals surface area contributed by atoms with E-state index in [1.807, 2.05) is 32.6 Å². The van der Waals surface area contributed by atoms with Crippen molar-refractivity contribution in [3.05, 3.63) is 11.2 Å². The minimum Gasteiger partial charge on any atom is -0.353 e. The first-order chi connectivity index (χ1) is 13.4. The molecule has 1 fully saturated rings. The van der Waals surface area contributed by atoms with Gasteiger partial charge in [-0.25, -0.2) is 14.8 Å². The topological polar surface area (TPSA) is 81.7 Å². The molecular formula is C18H29ClN6O2S.